The monoisotopic (exact) mass is 231 g/mol. The lowest BCUT2D eigenvalue weighted by Gasteiger charge is -2.05. The number of halogens is 2. The summed E-state index contributed by atoms with van der Waals surface area (Å²) in [6, 6.07) is 4.76. The van der Waals surface area contributed by atoms with Crippen molar-refractivity contribution in [2.45, 2.75) is 13.0 Å². The predicted octanol–water partition coefficient (Wildman–Crippen LogP) is 2.22. The Morgan fingerprint density at radius 1 is 1.33 bits per heavy atom. The zero-order valence-corrected chi connectivity index (χ0v) is 8.27. The molecular weight excluding hydrogens is 221 g/mol. The second-order valence-electron chi connectivity index (χ2n) is 2.56. The van der Waals surface area contributed by atoms with E-state index < -0.39 is 0 Å². The average molecular weight is 232 g/mol. The lowest BCUT2D eigenvalue weighted by atomic mass is 10.1. The van der Waals surface area contributed by atoms with Crippen LogP contribution in [0.1, 0.15) is 11.1 Å². The Labute approximate surface area is 79.9 Å². The van der Waals surface area contributed by atoms with E-state index >= 15 is 0 Å². The molecule has 0 unspecified atom stereocenters. The van der Waals surface area contributed by atoms with E-state index in [0.29, 0.717) is 6.54 Å². The van der Waals surface area contributed by atoms with Gasteiger partial charge in [-0.25, -0.2) is 4.39 Å². The summed E-state index contributed by atoms with van der Waals surface area (Å²) in [4.78, 5) is 0. The SMILES string of the molecule is NCc1cc(F)ccc1CCBr. The molecule has 0 heterocycles. The van der Waals surface area contributed by atoms with Gasteiger partial charge in [-0.1, -0.05) is 22.0 Å². The third-order valence-corrected chi connectivity index (χ3v) is 2.15. The van der Waals surface area contributed by atoms with Crippen LogP contribution in [-0.4, -0.2) is 5.33 Å². The van der Waals surface area contributed by atoms with Crippen molar-refractivity contribution in [1.82, 2.24) is 0 Å². The quantitative estimate of drug-likeness (QED) is 0.794. The van der Waals surface area contributed by atoms with Crippen LogP contribution in [0.2, 0.25) is 0 Å². The number of hydrogen-bond donors (Lipinski definition) is 1. The van der Waals surface area contributed by atoms with E-state index in [9.17, 15) is 4.39 Å². The first-order valence-electron chi connectivity index (χ1n) is 3.81. The maximum absolute atomic E-state index is 12.7. The molecule has 0 radical (unpaired) electrons. The summed E-state index contributed by atoms with van der Waals surface area (Å²) in [5.74, 6) is -0.214. The van der Waals surface area contributed by atoms with Gasteiger partial charge < -0.3 is 5.73 Å². The summed E-state index contributed by atoms with van der Waals surface area (Å²) in [5.41, 5.74) is 7.49. The van der Waals surface area contributed by atoms with Crippen LogP contribution in [0.5, 0.6) is 0 Å². The Hall–Kier alpha value is -0.410. The fraction of sp³-hybridized carbons (Fsp3) is 0.333. The van der Waals surface area contributed by atoms with Crippen LogP contribution < -0.4 is 5.73 Å². The molecule has 66 valence electrons. The highest BCUT2D eigenvalue weighted by molar-refractivity contribution is 9.09. The molecule has 0 aliphatic rings. The minimum atomic E-state index is -0.214. The zero-order valence-electron chi connectivity index (χ0n) is 6.69. The van der Waals surface area contributed by atoms with Gasteiger partial charge in [0, 0.05) is 11.9 Å². The number of rotatable bonds is 3. The molecule has 0 saturated heterocycles. The van der Waals surface area contributed by atoms with Gasteiger partial charge in [0.25, 0.3) is 0 Å². The molecule has 3 heteroatoms. The smallest absolute Gasteiger partial charge is 0.123 e. The molecule has 1 rings (SSSR count). The molecule has 0 amide bonds. The van der Waals surface area contributed by atoms with Crippen LogP contribution in [0.4, 0.5) is 4.39 Å². The molecule has 2 N–H and O–H groups in total. The molecule has 0 aromatic heterocycles. The lowest BCUT2D eigenvalue weighted by Crippen LogP contribution is -2.02. The molecule has 0 aliphatic heterocycles. The average Bonchev–Trinajstić information content (AvgIpc) is 2.08. The fourth-order valence-electron chi connectivity index (χ4n) is 1.13. The molecule has 0 spiro atoms. The highest BCUT2D eigenvalue weighted by atomic mass is 79.9. The van der Waals surface area contributed by atoms with Gasteiger partial charge in [-0.05, 0) is 29.7 Å². The molecule has 0 saturated carbocycles. The highest BCUT2D eigenvalue weighted by Gasteiger charge is 2.01. The summed E-state index contributed by atoms with van der Waals surface area (Å²) in [6.45, 7) is 0.403. The molecule has 0 aliphatic carbocycles. The van der Waals surface area contributed by atoms with Gasteiger partial charge in [0.2, 0.25) is 0 Å². The number of benzene rings is 1. The fourth-order valence-corrected chi connectivity index (χ4v) is 1.56. The minimum Gasteiger partial charge on any atom is -0.326 e. The van der Waals surface area contributed by atoms with Crippen molar-refractivity contribution in [2.75, 3.05) is 5.33 Å². The van der Waals surface area contributed by atoms with Crippen LogP contribution in [0.25, 0.3) is 0 Å². The molecular formula is C9H11BrFN. The van der Waals surface area contributed by atoms with E-state index in [2.05, 4.69) is 15.9 Å². The molecule has 1 nitrogen and oxygen atoms in total. The Morgan fingerprint density at radius 3 is 2.67 bits per heavy atom. The number of alkyl halides is 1. The van der Waals surface area contributed by atoms with Gasteiger partial charge >= 0.3 is 0 Å². The summed E-state index contributed by atoms with van der Waals surface area (Å²) in [7, 11) is 0. The maximum Gasteiger partial charge on any atom is 0.123 e. The van der Waals surface area contributed by atoms with Crippen molar-refractivity contribution < 1.29 is 4.39 Å². The molecule has 1 aromatic rings. The standard InChI is InChI=1S/C9H11BrFN/c10-4-3-7-1-2-9(11)5-8(7)6-12/h1-2,5H,3-4,6,12H2. The van der Waals surface area contributed by atoms with E-state index in [1.165, 1.54) is 12.1 Å². The molecule has 0 bridgehead atoms. The summed E-state index contributed by atoms with van der Waals surface area (Å²) in [6.07, 6.45) is 0.896. The van der Waals surface area contributed by atoms with Crippen LogP contribution in [0.3, 0.4) is 0 Å². The summed E-state index contributed by atoms with van der Waals surface area (Å²) < 4.78 is 12.7. The van der Waals surface area contributed by atoms with Crippen molar-refractivity contribution in [3.63, 3.8) is 0 Å². The highest BCUT2D eigenvalue weighted by Crippen LogP contribution is 2.12. The molecule has 1 aromatic carbocycles. The largest absolute Gasteiger partial charge is 0.326 e. The Bertz CT molecular complexity index is 263. The number of aryl methyl sites for hydroxylation is 1. The van der Waals surface area contributed by atoms with E-state index in [-0.39, 0.29) is 5.82 Å². The Kier molecular flexibility index (Phi) is 3.69. The third-order valence-electron chi connectivity index (χ3n) is 1.75. The van der Waals surface area contributed by atoms with Crippen molar-refractivity contribution in [3.8, 4) is 0 Å². The lowest BCUT2D eigenvalue weighted by molar-refractivity contribution is 0.624. The molecule has 12 heavy (non-hydrogen) atoms. The van der Waals surface area contributed by atoms with Crippen molar-refractivity contribution in [2.24, 2.45) is 5.73 Å². The Balaban J connectivity index is 2.94. The van der Waals surface area contributed by atoms with Gasteiger partial charge in [-0.15, -0.1) is 0 Å². The van der Waals surface area contributed by atoms with Gasteiger partial charge in [-0.2, -0.15) is 0 Å². The topological polar surface area (TPSA) is 26.0 Å². The Morgan fingerprint density at radius 2 is 2.08 bits per heavy atom. The van der Waals surface area contributed by atoms with Crippen LogP contribution in [0, 0.1) is 5.82 Å². The molecule has 0 atom stereocenters. The zero-order chi connectivity index (χ0) is 8.97. The van der Waals surface area contributed by atoms with Crippen LogP contribution in [0.15, 0.2) is 18.2 Å². The normalized spacial score (nSPS) is 10.2. The maximum atomic E-state index is 12.7. The first kappa shape index (κ1) is 9.68. The first-order chi connectivity index (χ1) is 5.77. The minimum absolute atomic E-state index is 0.214. The van der Waals surface area contributed by atoms with Crippen LogP contribution in [-0.2, 0) is 13.0 Å². The first-order valence-corrected chi connectivity index (χ1v) is 4.93. The van der Waals surface area contributed by atoms with Crippen molar-refractivity contribution in [1.29, 1.82) is 0 Å². The van der Waals surface area contributed by atoms with E-state index in [4.69, 9.17) is 5.73 Å². The number of hydrogen-bond acceptors (Lipinski definition) is 1. The van der Waals surface area contributed by atoms with Gasteiger partial charge in [0.15, 0.2) is 0 Å². The van der Waals surface area contributed by atoms with Crippen LogP contribution >= 0.6 is 15.9 Å². The summed E-state index contributed by atoms with van der Waals surface area (Å²) in [5, 5.41) is 0.881. The second kappa shape index (κ2) is 4.58. The second-order valence-corrected chi connectivity index (χ2v) is 3.35. The van der Waals surface area contributed by atoms with Crippen molar-refractivity contribution in [3.05, 3.63) is 35.1 Å². The van der Waals surface area contributed by atoms with Gasteiger partial charge in [-0.3, -0.25) is 0 Å². The van der Waals surface area contributed by atoms with Gasteiger partial charge in [0.1, 0.15) is 5.82 Å². The van der Waals surface area contributed by atoms with Gasteiger partial charge in [0.05, 0.1) is 0 Å². The van der Waals surface area contributed by atoms with E-state index in [0.717, 1.165) is 22.9 Å². The number of nitrogens with two attached hydrogens (primary N) is 1. The summed E-state index contributed by atoms with van der Waals surface area (Å²) >= 11 is 3.33. The van der Waals surface area contributed by atoms with Crippen molar-refractivity contribution >= 4 is 15.9 Å². The van der Waals surface area contributed by atoms with E-state index in [1.807, 2.05) is 0 Å². The predicted molar refractivity (Wildman–Crippen MR) is 51.8 cm³/mol. The molecule has 0 fully saturated rings. The third kappa shape index (κ3) is 2.29. The van der Waals surface area contributed by atoms with E-state index in [1.54, 1.807) is 6.07 Å².